The van der Waals surface area contributed by atoms with Crippen LogP contribution in [0.5, 0.6) is 0 Å². The summed E-state index contributed by atoms with van der Waals surface area (Å²) in [4.78, 5) is 18.0. The fraction of sp³-hybridized carbons (Fsp3) is 0.176. The smallest absolute Gasteiger partial charge is 0.243 e. The predicted molar refractivity (Wildman–Crippen MR) is 89.3 cm³/mol. The molecule has 0 bridgehead atoms. The summed E-state index contributed by atoms with van der Waals surface area (Å²) >= 11 is 0. The highest BCUT2D eigenvalue weighted by molar-refractivity contribution is 5.77. The Morgan fingerprint density at radius 1 is 1.08 bits per heavy atom. The lowest BCUT2D eigenvalue weighted by Gasteiger charge is -2.02. The second-order valence-electron chi connectivity index (χ2n) is 5.62. The van der Waals surface area contributed by atoms with Crippen LogP contribution in [0.1, 0.15) is 11.4 Å². The van der Waals surface area contributed by atoms with Crippen LogP contribution < -0.4 is 5.32 Å². The fourth-order valence-electron chi connectivity index (χ4n) is 2.63. The number of amides is 1. The molecule has 0 atom stereocenters. The number of benzene rings is 1. The highest BCUT2D eigenvalue weighted by Gasteiger charge is 2.08. The quantitative estimate of drug-likeness (QED) is 0.621. The van der Waals surface area contributed by atoms with Crippen molar-refractivity contribution in [2.24, 2.45) is 0 Å². The largest absolute Gasteiger partial charge is 0.349 e. The Balaban J connectivity index is 1.43. The Labute approximate surface area is 137 Å². The van der Waals surface area contributed by atoms with E-state index in [4.69, 9.17) is 0 Å². The van der Waals surface area contributed by atoms with Gasteiger partial charge < -0.3 is 9.72 Å². The van der Waals surface area contributed by atoms with Gasteiger partial charge in [0.1, 0.15) is 23.2 Å². The number of aromatic nitrogens is 5. The van der Waals surface area contributed by atoms with Crippen molar-refractivity contribution in [1.29, 1.82) is 0 Å². The molecule has 1 aromatic carbocycles. The second-order valence-corrected chi connectivity index (χ2v) is 5.62. The van der Waals surface area contributed by atoms with Gasteiger partial charge in [0.15, 0.2) is 0 Å². The van der Waals surface area contributed by atoms with Gasteiger partial charge in [0.2, 0.25) is 5.91 Å². The molecule has 0 spiro atoms. The van der Waals surface area contributed by atoms with Crippen LogP contribution in [0.3, 0.4) is 0 Å². The topological polar surface area (TPSA) is 77.1 Å². The molecular weight excluding hydrogens is 304 g/mol. The summed E-state index contributed by atoms with van der Waals surface area (Å²) in [5.41, 5.74) is 4.35. The molecule has 0 unspecified atom stereocenters. The maximum atomic E-state index is 12.1. The maximum Gasteiger partial charge on any atom is 0.243 e. The summed E-state index contributed by atoms with van der Waals surface area (Å²) in [7, 11) is 0. The summed E-state index contributed by atoms with van der Waals surface area (Å²) in [5, 5.41) is 11.4. The molecule has 4 rings (SSSR count). The molecule has 7 heteroatoms. The third-order valence-corrected chi connectivity index (χ3v) is 3.83. The lowest BCUT2D eigenvalue weighted by atomic mass is 10.3. The second kappa shape index (κ2) is 5.77. The molecule has 0 aliphatic rings. The number of rotatable bonds is 4. The summed E-state index contributed by atoms with van der Waals surface area (Å²) in [6.45, 7) is 2.48. The number of hydrogen-bond acceptors (Lipinski definition) is 4. The van der Waals surface area contributed by atoms with E-state index in [1.54, 1.807) is 0 Å². The van der Waals surface area contributed by atoms with Gasteiger partial charge in [0, 0.05) is 11.9 Å². The van der Waals surface area contributed by atoms with E-state index < -0.39 is 0 Å². The molecule has 0 saturated carbocycles. The van der Waals surface area contributed by atoms with Gasteiger partial charge in [-0.05, 0) is 31.2 Å². The van der Waals surface area contributed by atoms with E-state index >= 15 is 0 Å². The van der Waals surface area contributed by atoms with E-state index in [-0.39, 0.29) is 12.5 Å². The van der Waals surface area contributed by atoms with Gasteiger partial charge in [-0.1, -0.05) is 18.2 Å². The first-order valence-corrected chi connectivity index (χ1v) is 7.69. The molecule has 120 valence electrons. The molecule has 0 aliphatic heterocycles. The Kier molecular flexibility index (Phi) is 3.45. The Bertz CT molecular complexity index is 999. The highest BCUT2D eigenvalue weighted by Crippen LogP contribution is 2.09. The van der Waals surface area contributed by atoms with E-state index in [1.807, 2.05) is 60.0 Å². The lowest BCUT2D eigenvalue weighted by Crippen LogP contribution is -2.28. The predicted octanol–water partition coefficient (Wildman–Crippen LogP) is 1.70. The van der Waals surface area contributed by atoms with E-state index in [2.05, 4.69) is 20.5 Å². The first kappa shape index (κ1) is 14.4. The third kappa shape index (κ3) is 2.71. The van der Waals surface area contributed by atoms with E-state index in [9.17, 15) is 4.79 Å². The summed E-state index contributed by atoms with van der Waals surface area (Å²) in [6, 6.07) is 13.5. The first-order valence-electron chi connectivity index (χ1n) is 7.69. The molecule has 0 aliphatic carbocycles. The molecule has 1 N–H and O–H groups in total. The summed E-state index contributed by atoms with van der Waals surface area (Å²) < 4.78 is 2.00. The number of hydrogen-bond donors (Lipinski definition) is 1. The van der Waals surface area contributed by atoms with E-state index in [0.29, 0.717) is 6.54 Å². The van der Waals surface area contributed by atoms with Crippen LogP contribution in [0.15, 0.2) is 48.7 Å². The minimum atomic E-state index is -0.149. The van der Waals surface area contributed by atoms with Gasteiger partial charge in [-0.3, -0.25) is 4.79 Å². The van der Waals surface area contributed by atoms with Gasteiger partial charge in [-0.2, -0.15) is 15.0 Å². The Morgan fingerprint density at radius 3 is 2.54 bits per heavy atom. The average Bonchev–Trinajstić information content (AvgIpc) is 3.16. The highest BCUT2D eigenvalue weighted by atomic mass is 16.2. The standard InChI is InChI=1S/C17H16N6O/c1-12-5-4-8-16-19-13(10-22(12)16)9-18-17(24)11-23-20-14-6-2-3-7-15(14)21-23/h2-8,10H,9,11H2,1H3,(H,18,24). The van der Waals surface area contributed by atoms with Crippen molar-refractivity contribution in [3.05, 3.63) is 60.0 Å². The van der Waals surface area contributed by atoms with Crippen LogP contribution >= 0.6 is 0 Å². The fourth-order valence-corrected chi connectivity index (χ4v) is 2.63. The number of fused-ring (bicyclic) bond motifs is 2. The average molecular weight is 320 g/mol. The van der Waals surface area contributed by atoms with Crippen LogP contribution in [0.2, 0.25) is 0 Å². The zero-order valence-corrected chi connectivity index (χ0v) is 13.2. The van der Waals surface area contributed by atoms with Gasteiger partial charge in [0.25, 0.3) is 0 Å². The summed E-state index contributed by atoms with van der Waals surface area (Å²) in [5.74, 6) is -0.149. The molecule has 0 fully saturated rings. The van der Waals surface area contributed by atoms with Crippen molar-refractivity contribution in [3.8, 4) is 0 Å². The number of imidazole rings is 1. The zero-order valence-electron chi connectivity index (χ0n) is 13.2. The molecule has 0 radical (unpaired) electrons. The SMILES string of the molecule is Cc1cccc2nc(CNC(=O)Cn3nc4ccccc4n3)cn12. The van der Waals surface area contributed by atoms with Crippen LogP contribution in [0, 0.1) is 6.92 Å². The van der Waals surface area contributed by atoms with Crippen molar-refractivity contribution in [1.82, 2.24) is 29.7 Å². The minimum absolute atomic E-state index is 0.0844. The molecule has 7 nitrogen and oxygen atoms in total. The molecule has 0 saturated heterocycles. The Hall–Kier alpha value is -3.22. The number of aryl methyl sites for hydroxylation is 1. The van der Waals surface area contributed by atoms with Crippen molar-refractivity contribution >= 4 is 22.6 Å². The minimum Gasteiger partial charge on any atom is -0.349 e. The molecule has 3 heterocycles. The third-order valence-electron chi connectivity index (χ3n) is 3.83. The van der Waals surface area contributed by atoms with Crippen LogP contribution in [0.4, 0.5) is 0 Å². The number of carbonyl (C=O) groups is 1. The van der Waals surface area contributed by atoms with Crippen molar-refractivity contribution in [2.75, 3.05) is 0 Å². The van der Waals surface area contributed by atoms with Crippen LogP contribution in [-0.4, -0.2) is 30.3 Å². The first-order chi connectivity index (χ1) is 11.7. The normalized spacial score (nSPS) is 11.2. The zero-order chi connectivity index (χ0) is 16.5. The van der Waals surface area contributed by atoms with E-state index in [1.165, 1.54) is 4.80 Å². The van der Waals surface area contributed by atoms with Gasteiger partial charge in [-0.25, -0.2) is 4.98 Å². The van der Waals surface area contributed by atoms with Crippen LogP contribution in [-0.2, 0) is 17.9 Å². The lowest BCUT2D eigenvalue weighted by molar-refractivity contribution is -0.122. The number of carbonyl (C=O) groups excluding carboxylic acids is 1. The maximum absolute atomic E-state index is 12.1. The number of nitrogens with one attached hydrogen (secondary N) is 1. The number of pyridine rings is 1. The molecule has 24 heavy (non-hydrogen) atoms. The van der Waals surface area contributed by atoms with Crippen molar-refractivity contribution in [2.45, 2.75) is 20.0 Å². The molecule has 3 aromatic heterocycles. The van der Waals surface area contributed by atoms with E-state index in [0.717, 1.165) is 28.1 Å². The van der Waals surface area contributed by atoms with Crippen LogP contribution in [0.25, 0.3) is 16.7 Å². The number of nitrogens with zero attached hydrogens (tertiary/aromatic N) is 5. The van der Waals surface area contributed by atoms with Gasteiger partial charge >= 0.3 is 0 Å². The molecule has 1 amide bonds. The van der Waals surface area contributed by atoms with Crippen molar-refractivity contribution in [3.63, 3.8) is 0 Å². The Morgan fingerprint density at radius 2 is 1.83 bits per heavy atom. The van der Waals surface area contributed by atoms with Gasteiger partial charge in [0.05, 0.1) is 12.2 Å². The molecular formula is C17H16N6O. The molecule has 4 aromatic rings. The van der Waals surface area contributed by atoms with Gasteiger partial charge in [-0.15, -0.1) is 0 Å². The monoisotopic (exact) mass is 320 g/mol. The summed E-state index contributed by atoms with van der Waals surface area (Å²) in [6.07, 6.45) is 1.94. The van der Waals surface area contributed by atoms with Crippen molar-refractivity contribution < 1.29 is 4.79 Å².